The molecule has 0 radical (unpaired) electrons. The molecule has 1 aliphatic rings. The van der Waals surface area contributed by atoms with Crippen LogP contribution in [0, 0.1) is 6.92 Å². The van der Waals surface area contributed by atoms with Crippen molar-refractivity contribution in [3.05, 3.63) is 67.1 Å². The molecule has 1 fully saturated rings. The van der Waals surface area contributed by atoms with Gasteiger partial charge in [-0.3, -0.25) is 9.55 Å². The summed E-state index contributed by atoms with van der Waals surface area (Å²) in [4.78, 5) is 28.8. The van der Waals surface area contributed by atoms with Gasteiger partial charge < -0.3 is 29.5 Å². The predicted molar refractivity (Wildman–Crippen MR) is 170 cm³/mol. The van der Waals surface area contributed by atoms with Crippen LogP contribution in [0.1, 0.15) is 5.56 Å². The Hall–Kier alpha value is -4.87. The molecule has 2 aromatic carbocycles. The summed E-state index contributed by atoms with van der Waals surface area (Å²) in [5, 5.41) is 6.70. The zero-order chi connectivity index (χ0) is 30.7. The monoisotopic (exact) mass is 613 g/mol. The number of nitrogens with zero attached hydrogens (tertiary/aromatic N) is 7. The Balaban J connectivity index is 1.39. The van der Waals surface area contributed by atoms with Gasteiger partial charge in [0.25, 0.3) is 0 Å². The number of aromatic nitrogens is 6. The first-order chi connectivity index (χ1) is 21.3. The summed E-state index contributed by atoms with van der Waals surface area (Å²) in [7, 11) is -1.29. The molecule has 4 heterocycles. The molecule has 0 atom stereocenters. The molecule has 1 aliphatic heterocycles. The molecule has 0 saturated carbocycles. The van der Waals surface area contributed by atoms with Crippen molar-refractivity contribution in [3.63, 3.8) is 0 Å². The molecular weight excluding hydrogens is 581 g/mol. The molecule has 6 rings (SSSR count). The molecule has 5 aromatic rings. The molecule has 3 aromatic heterocycles. The lowest BCUT2D eigenvalue weighted by Crippen LogP contribution is -2.36. The van der Waals surface area contributed by atoms with Crippen LogP contribution in [0.5, 0.6) is 11.5 Å². The smallest absolute Gasteiger partial charge is 0.242 e. The van der Waals surface area contributed by atoms with Crippen LogP contribution >= 0.6 is 7.37 Å². The fraction of sp³-hybridized carbons (Fsp3) is 0.267. The Morgan fingerprint density at radius 3 is 2.43 bits per heavy atom. The lowest BCUT2D eigenvalue weighted by atomic mass is 10.1. The van der Waals surface area contributed by atoms with E-state index in [0.29, 0.717) is 58.9 Å². The van der Waals surface area contributed by atoms with E-state index in [0.717, 1.165) is 35.5 Å². The van der Waals surface area contributed by atoms with E-state index >= 15 is 0 Å². The van der Waals surface area contributed by atoms with Crippen LogP contribution in [0.25, 0.3) is 22.2 Å². The minimum absolute atomic E-state index is 0.338. The second-order valence-electron chi connectivity index (χ2n) is 10.5. The van der Waals surface area contributed by atoms with Gasteiger partial charge in [-0.1, -0.05) is 0 Å². The number of nitrogens with one attached hydrogen (secondary N) is 2. The molecule has 226 valence electrons. The zero-order valence-corrected chi connectivity index (χ0v) is 25.7. The standard InChI is InChI=1S/C30H32N9O4P/c1-19-15-35-30(38-29(19)36-23-6-5-22-26(34-8-7-33-22)28(23)43-44(3,4)40)37-24-13-20(21-16-31-18-32-17-21)14-25(27(24)41-2)39-9-11-42-12-10-39/h5-8,13-18H,9-12H2,1-4H3,(H2,35,36,37,38). The summed E-state index contributed by atoms with van der Waals surface area (Å²) in [5.41, 5.74) is 5.80. The zero-order valence-electron chi connectivity index (χ0n) is 24.8. The van der Waals surface area contributed by atoms with Crippen molar-refractivity contribution in [2.75, 3.05) is 62.3 Å². The van der Waals surface area contributed by atoms with Gasteiger partial charge in [0.15, 0.2) is 11.5 Å². The van der Waals surface area contributed by atoms with E-state index in [1.54, 1.807) is 57.5 Å². The van der Waals surface area contributed by atoms with Crippen molar-refractivity contribution in [2.45, 2.75) is 6.92 Å². The van der Waals surface area contributed by atoms with Crippen molar-refractivity contribution >= 4 is 47.2 Å². The van der Waals surface area contributed by atoms with Gasteiger partial charge in [-0.05, 0) is 36.8 Å². The summed E-state index contributed by atoms with van der Waals surface area (Å²) in [6.07, 6.45) is 9.93. The average molecular weight is 614 g/mol. The van der Waals surface area contributed by atoms with Gasteiger partial charge in [-0.15, -0.1) is 0 Å². The van der Waals surface area contributed by atoms with Gasteiger partial charge in [-0.2, -0.15) is 4.98 Å². The van der Waals surface area contributed by atoms with Gasteiger partial charge in [0, 0.05) is 68.5 Å². The van der Waals surface area contributed by atoms with Gasteiger partial charge in [0.1, 0.15) is 17.7 Å². The molecule has 0 amide bonds. The van der Waals surface area contributed by atoms with E-state index in [1.807, 2.05) is 19.1 Å². The largest absolute Gasteiger partial charge is 0.492 e. The van der Waals surface area contributed by atoms with Crippen LogP contribution in [-0.4, -0.2) is 76.6 Å². The first-order valence-corrected chi connectivity index (χ1v) is 16.5. The minimum atomic E-state index is -2.93. The van der Waals surface area contributed by atoms with E-state index in [-0.39, 0.29) is 0 Å². The lowest BCUT2D eigenvalue weighted by molar-refractivity contribution is 0.122. The quantitative estimate of drug-likeness (QED) is 0.204. The van der Waals surface area contributed by atoms with Crippen LogP contribution in [0.2, 0.25) is 0 Å². The number of rotatable bonds is 9. The highest BCUT2D eigenvalue weighted by Crippen LogP contribution is 2.46. The molecule has 1 saturated heterocycles. The number of ether oxygens (including phenoxy) is 2. The SMILES string of the molecule is COc1c(Nc2ncc(C)c(Nc3ccc4nccnc4c3OP(C)(C)=O)n2)cc(-c2cncnc2)cc1N1CCOCC1. The number of methoxy groups -OCH3 is 1. The highest BCUT2D eigenvalue weighted by molar-refractivity contribution is 7.57. The second-order valence-corrected chi connectivity index (χ2v) is 13.2. The molecule has 0 bridgehead atoms. The van der Waals surface area contributed by atoms with Crippen molar-refractivity contribution in [1.82, 2.24) is 29.9 Å². The lowest BCUT2D eigenvalue weighted by Gasteiger charge is -2.31. The molecule has 0 spiro atoms. The van der Waals surface area contributed by atoms with Crippen LogP contribution in [-0.2, 0) is 9.30 Å². The van der Waals surface area contributed by atoms with Gasteiger partial charge in [-0.25, -0.2) is 19.9 Å². The third kappa shape index (κ3) is 6.38. The number of hydrogen-bond acceptors (Lipinski definition) is 13. The van der Waals surface area contributed by atoms with E-state index in [9.17, 15) is 4.57 Å². The first kappa shape index (κ1) is 29.2. The Bertz CT molecular complexity index is 1850. The predicted octanol–water partition coefficient (Wildman–Crippen LogP) is 5.43. The Morgan fingerprint density at radius 2 is 1.68 bits per heavy atom. The first-order valence-electron chi connectivity index (χ1n) is 13.9. The highest BCUT2D eigenvalue weighted by atomic mass is 31.2. The molecule has 44 heavy (non-hydrogen) atoms. The fourth-order valence-electron chi connectivity index (χ4n) is 4.87. The minimum Gasteiger partial charge on any atom is -0.492 e. The van der Waals surface area contributed by atoms with Crippen molar-refractivity contribution in [1.29, 1.82) is 0 Å². The van der Waals surface area contributed by atoms with E-state index < -0.39 is 7.37 Å². The average Bonchev–Trinajstić information content (AvgIpc) is 3.03. The summed E-state index contributed by atoms with van der Waals surface area (Å²) >= 11 is 0. The molecule has 13 nitrogen and oxygen atoms in total. The van der Waals surface area contributed by atoms with Crippen molar-refractivity contribution in [2.24, 2.45) is 0 Å². The second kappa shape index (κ2) is 12.4. The van der Waals surface area contributed by atoms with E-state index in [2.05, 4.69) is 46.5 Å². The number of hydrogen-bond donors (Lipinski definition) is 2. The third-order valence-corrected chi connectivity index (χ3v) is 7.52. The summed E-state index contributed by atoms with van der Waals surface area (Å²) < 4.78 is 30.2. The molecule has 0 unspecified atom stereocenters. The van der Waals surface area contributed by atoms with E-state index in [1.165, 1.54) is 6.33 Å². The number of morpholine rings is 1. The maximum absolute atomic E-state index is 12.7. The number of aryl methyl sites for hydroxylation is 1. The molecule has 14 heteroatoms. The molecule has 2 N–H and O–H groups in total. The highest BCUT2D eigenvalue weighted by Gasteiger charge is 2.22. The van der Waals surface area contributed by atoms with Crippen molar-refractivity contribution < 1.29 is 18.6 Å². The van der Waals surface area contributed by atoms with Gasteiger partial charge in [0.2, 0.25) is 13.3 Å². The third-order valence-electron chi connectivity index (χ3n) is 6.90. The van der Waals surface area contributed by atoms with Crippen molar-refractivity contribution in [3.8, 4) is 22.6 Å². The maximum atomic E-state index is 12.7. The summed E-state index contributed by atoms with van der Waals surface area (Å²) in [5.74, 6) is 1.85. The van der Waals surface area contributed by atoms with Crippen LogP contribution in [0.15, 0.2) is 61.6 Å². The summed E-state index contributed by atoms with van der Waals surface area (Å²) in [6, 6.07) is 7.66. The van der Waals surface area contributed by atoms with Crippen LogP contribution < -0.4 is 24.8 Å². The van der Waals surface area contributed by atoms with Crippen LogP contribution in [0.3, 0.4) is 0 Å². The normalized spacial score (nSPS) is 13.5. The fourth-order valence-corrected chi connectivity index (χ4v) is 5.50. The summed E-state index contributed by atoms with van der Waals surface area (Å²) in [6.45, 7) is 7.70. The topological polar surface area (TPSA) is 149 Å². The maximum Gasteiger partial charge on any atom is 0.242 e. The number of benzene rings is 2. The Labute approximate surface area is 254 Å². The van der Waals surface area contributed by atoms with Crippen LogP contribution in [0.4, 0.5) is 28.8 Å². The van der Waals surface area contributed by atoms with Gasteiger partial charge in [0.05, 0.1) is 42.9 Å². The Morgan fingerprint density at radius 1 is 0.909 bits per heavy atom. The Kier molecular flexibility index (Phi) is 8.23. The molecular formula is C30H32N9O4P. The molecule has 0 aliphatic carbocycles. The number of anilines is 5. The number of fused-ring (bicyclic) bond motifs is 1. The van der Waals surface area contributed by atoms with E-state index in [4.69, 9.17) is 19.0 Å². The van der Waals surface area contributed by atoms with Gasteiger partial charge >= 0.3 is 0 Å².